The summed E-state index contributed by atoms with van der Waals surface area (Å²) in [5.74, 6) is 1.58. The van der Waals surface area contributed by atoms with E-state index in [0.717, 1.165) is 29.7 Å². The van der Waals surface area contributed by atoms with Crippen molar-refractivity contribution in [2.45, 2.75) is 37.5 Å². The van der Waals surface area contributed by atoms with Crippen LogP contribution in [0.5, 0.6) is 0 Å². The SMILES string of the molecule is CCn1c(C)nnc1SCc1nc(-c2cccc(C(F)(F)F)c2)no1. The van der Waals surface area contributed by atoms with Crippen molar-refractivity contribution in [3.05, 3.63) is 41.5 Å². The van der Waals surface area contributed by atoms with Gasteiger partial charge in [-0.3, -0.25) is 0 Å². The molecule has 132 valence electrons. The van der Waals surface area contributed by atoms with Crippen LogP contribution in [0.3, 0.4) is 0 Å². The molecule has 3 aromatic rings. The number of rotatable bonds is 5. The van der Waals surface area contributed by atoms with E-state index in [0.29, 0.717) is 11.6 Å². The Balaban J connectivity index is 1.74. The van der Waals surface area contributed by atoms with Gasteiger partial charge in [0, 0.05) is 12.1 Å². The van der Waals surface area contributed by atoms with Gasteiger partial charge in [0.2, 0.25) is 11.7 Å². The maximum absolute atomic E-state index is 12.8. The molecule has 0 aliphatic carbocycles. The van der Waals surface area contributed by atoms with E-state index in [-0.39, 0.29) is 11.4 Å². The third-order valence-electron chi connectivity index (χ3n) is 3.46. The van der Waals surface area contributed by atoms with Crippen molar-refractivity contribution in [3.63, 3.8) is 0 Å². The Kier molecular flexibility index (Phi) is 4.80. The van der Waals surface area contributed by atoms with Gasteiger partial charge in [-0.05, 0) is 26.0 Å². The summed E-state index contributed by atoms with van der Waals surface area (Å²) in [6.07, 6.45) is -4.42. The van der Waals surface area contributed by atoms with Crippen LogP contribution in [0.4, 0.5) is 13.2 Å². The largest absolute Gasteiger partial charge is 0.416 e. The highest BCUT2D eigenvalue weighted by molar-refractivity contribution is 7.98. The van der Waals surface area contributed by atoms with Crippen molar-refractivity contribution < 1.29 is 17.7 Å². The molecule has 0 N–H and O–H groups in total. The van der Waals surface area contributed by atoms with Gasteiger partial charge in [0.1, 0.15) is 5.82 Å². The first-order valence-corrected chi connectivity index (χ1v) is 8.40. The molecule has 1 aromatic carbocycles. The van der Waals surface area contributed by atoms with Crippen LogP contribution < -0.4 is 0 Å². The molecule has 0 fully saturated rings. The van der Waals surface area contributed by atoms with Gasteiger partial charge in [0.05, 0.1) is 11.3 Å². The summed E-state index contributed by atoms with van der Waals surface area (Å²) in [7, 11) is 0. The number of hydrogen-bond acceptors (Lipinski definition) is 6. The first kappa shape index (κ1) is 17.5. The number of alkyl halides is 3. The predicted molar refractivity (Wildman–Crippen MR) is 84.7 cm³/mol. The van der Waals surface area contributed by atoms with Crippen molar-refractivity contribution in [2.24, 2.45) is 0 Å². The highest BCUT2D eigenvalue weighted by Gasteiger charge is 2.30. The Labute approximate surface area is 145 Å². The summed E-state index contributed by atoms with van der Waals surface area (Å²) in [6, 6.07) is 4.82. The Morgan fingerprint density at radius 3 is 2.76 bits per heavy atom. The lowest BCUT2D eigenvalue weighted by Crippen LogP contribution is -2.04. The highest BCUT2D eigenvalue weighted by atomic mass is 32.2. The van der Waals surface area contributed by atoms with Gasteiger partial charge in [0.15, 0.2) is 5.16 Å². The molecule has 0 radical (unpaired) electrons. The Hall–Kier alpha value is -2.36. The zero-order chi connectivity index (χ0) is 18.0. The van der Waals surface area contributed by atoms with Crippen LogP contribution >= 0.6 is 11.8 Å². The van der Waals surface area contributed by atoms with Crippen molar-refractivity contribution in [3.8, 4) is 11.4 Å². The van der Waals surface area contributed by atoms with E-state index in [9.17, 15) is 13.2 Å². The maximum atomic E-state index is 12.8. The second kappa shape index (κ2) is 6.87. The molecule has 0 saturated carbocycles. The lowest BCUT2D eigenvalue weighted by molar-refractivity contribution is -0.137. The molecule has 3 rings (SSSR count). The smallest absolute Gasteiger partial charge is 0.338 e. The molecule has 0 saturated heterocycles. The van der Waals surface area contributed by atoms with Crippen LogP contribution in [0, 0.1) is 6.92 Å². The van der Waals surface area contributed by atoms with E-state index in [2.05, 4.69) is 20.3 Å². The Bertz CT molecular complexity index is 874. The summed E-state index contributed by atoms with van der Waals surface area (Å²) >= 11 is 1.37. The molecule has 0 aliphatic rings. The number of halogens is 3. The van der Waals surface area contributed by atoms with E-state index in [1.807, 2.05) is 18.4 Å². The molecule has 0 atom stereocenters. The third kappa shape index (κ3) is 3.84. The minimum Gasteiger partial charge on any atom is -0.338 e. The van der Waals surface area contributed by atoms with E-state index in [1.54, 1.807) is 0 Å². The highest BCUT2D eigenvalue weighted by Crippen LogP contribution is 2.31. The average Bonchev–Trinajstić information content (AvgIpc) is 3.18. The number of aromatic nitrogens is 5. The predicted octanol–water partition coefficient (Wildman–Crippen LogP) is 3.97. The summed E-state index contributed by atoms with van der Waals surface area (Å²) in [5.41, 5.74) is -0.500. The van der Waals surface area contributed by atoms with Gasteiger partial charge in [-0.25, -0.2) is 0 Å². The fourth-order valence-corrected chi connectivity index (χ4v) is 3.11. The zero-order valence-corrected chi connectivity index (χ0v) is 14.2. The fourth-order valence-electron chi connectivity index (χ4n) is 2.22. The third-order valence-corrected chi connectivity index (χ3v) is 4.41. The molecule has 0 spiro atoms. The van der Waals surface area contributed by atoms with Gasteiger partial charge in [0.25, 0.3) is 0 Å². The van der Waals surface area contributed by atoms with Gasteiger partial charge in [-0.1, -0.05) is 29.1 Å². The summed E-state index contributed by atoms with van der Waals surface area (Å²) in [4.78, 5) is 4.16. The number of hydrogen-bond donors (Lipinski definition) is 0. The standard InChI is InChI=1S/C15H14F3N5OS/c1-3-23-9(2)20-21-14(23)25-8-12-19-13(22-24-12)10-5-4-6-11(7-10)15(16,17)18/h4-7H,3,8H2,1-2H3. The van der Waals surface area contributed by atoms with Gasteiger partial charge in [-0.2, -0.15) is 18.2 Å². The van der Waals surface area contributed by atoms with Gasteiger partial charge in [-0.15, -0.1) is 10.2 Å². The molecule has 0 unspecified atom stereocenters. The second-order valence-electron chi connectivity index (χ2n) is 5.15. The van der Waals surface area contributed by atoms with Crippen molar-refractivity contribution in [2.75, 3.05) is 0 Å². The summed E-state index contributed by atoms with van der Waals surface area (Å²) < 4.78 is 45.4. The van der Waals surface area contributed by atoms with Crippen LogP contribution in [0.1, 0.15) is 24.2 Å². The van der Waals surface area contributed by atoms with Gasteiger partial charge < -0.3 is 9.09 Å². The van der Waals surface area contributed by atoms with Crippen molar-refractivity contribution in [1.82, 2.24) is 24.9 Å². The molecule has 0 bridgehead atoms. The first-order valence-electron chi connectivity index (χ1n) is 7.41. The minimum absolute atomic E-state index is 0.120. The monoisotopic (exact) mass is 369 g/mol. The normalized spacial score (nSPS) is 11.9. The molecule has 0 amide bonds. The molecular weight excluding hydrogens is 355 g/mol. The van der Waals surface area contributed by atoms with Crippen LogP contribution in [-0.2, 0) is 18.5 Å². The quantitative estimate of drug-likeness (QED) is 0.634. The topological polar surface area (TPSA) is 69.6 Å². The number of benzene rings is 1. The van der Waals surface area contributed by atoms with E-state index in [4.69, 9.17) is 4.52 Å². The molecule has 0 aliphatic heterocycles. The first-order chi connectivity index (χ1) is 11.9. The minimum atomic E-state index is -4.42. The Morgan fingerprint density at radius 2 is 2.04 bits per heavy atom. The lowest BCUT2D eigenvalue weighted by atomic mass is 10.1. The molecule has 10 heteroatoms. The molecule has 25 heavy (non-hydrogen) atoms. The average molecular weight is 369 g/mol. The number of aryl methyl sites for hydroxylation is 1. The number of nitrogens with zero attached hydrogens (tertiary/aromatic N) is 5. The van der Waals surface area contributed by atoms with Crippen LogP contribution in [0.25, 0.3) is 11.4 Å². The van der Waals surface area contributed by atoms with E-state index in [1.165, 1.54) is 23.9 Å². The van der Waals surface area contributed by atoms with Crippen LogP contribution in [-0.4, -0.2) is 24.9 Å². The molecular formula is C15H14F3N5OS. The van der Waals surface area contributed by atoms with E-state index >= 15 is 0 Å². The van der Waals surface area contributed by atoms with E-state index < -0.39 is 11.7 Å². The van der Waals surface area contributed by atoms with Gasteiger partial charge >= 0.3 is 6.18 Å². The maximum Gasteiger partial charge on any atom is 0.416 e. The number of thioether (sulfide) groups is 1. The molecule has 2 heterocycles. The van der Waals surface area contributed by atoms with Crippen molar-refractivity contribution in [1.29, 1.82) is 0 Å². The summed E-state index contributed by atoms with van der Waals surface area (Å²) in [6.45, 7) is 4.58. The zero-order valence-electron chi connectivity index (χ0n) is 13.4. The molecule has 6 nitrogen and oxygen atoms in total. The summed E-state index contributed by atoms with van der Waals surface area (Å²) in [5, 5.41) is 12.6. The Morgan fingerprint density at radius 1 is 1.24 bits per heavy atom. The lowest BCUT2D eigenvalue weighted by Gasteiger charge is -2.06. The fraction of sp³-hybridized carbons (Fsp3) is 0.333. The second-order valence-corrected chi connectivity index (χ2v) is 6.10. The van der Waals surface area contributed by atoms with Crippen LogP contribution in [0.15, 0.2) is 33.9 Å². The molecule has 2 aromatic heterocycles. The van der Waals surface area contributed by atoms with Crippen molar-refractivity contribution >= 4 is 11.8 Å². The van der Waals surface area contributed by atoms with Crippen LogP contribution in [0.2, 0.25) is 0 Å².